The van der Waals surface area contributed by atoms with Crippen LogP contribution >= 0.6 is 0 Å². The van der Waals surface area contributed by atoms with Gasteiger partial charge in [0.2, 0.25) is 11.8 Å². The van der Waals surface area contributed by atoms with Crippen LogP contribution in [0.4, 0.5) is 5.69 Å². The fraction of sp³-hybridized carbons (Fsp3) is 0.150. The SMILES string of the molecule is CC(=O)NC(CC(=O)Nc1cccc2ncccc12)c1ccccc1. The van der Waals surface area contributed by atoms with Gasteiger partial charge < -0.3 is 10.6 Å². The Morgan fingerprint density at radius 3 is 2.56 bits per heavy atom. The molecule has 3 aromatic rings. The first kappa shape index (κ1) is 16.6. The maximum Gasteiger partial charge on any atom is 0.226 e. The van der Waals surface area contributed by atoms with E-state index in [4.69, 9.17) is 0 Å². The van der Waals surface area contributed by atoms with E-state index in [9.17, 15) is 9.59 Å². The Kier molecular flexibility index (Phi) is 5.04. The second kappa shape index (κ2) is 7.57. The number of aromatic nitrogens is 1. The monoisotopic (exact) mass is 333 g/mol. The minimum absolute atomic E-state index is 0.153. The second-order valence-electron chi connectivity index (χ2n) is 5.79. The van der Waals surface area contributed by atoms with Gasteiger partial charge in [-0.3, -0.25) is 14.6 Å². The molecule has 0 fully saturated rings. The van der Waals surface area contributed by atoms with Crippen molar-refractivity contribution in [1.29, 1.82) is 0 Å². The molecule has 0 aliphatic carbocycles. The molecule has 5 heteroatoms. The fourth-order valence-corrected chi connectivity index (χ4v) is 2.78. The number of hydrogen-bond donors (Lipinski definition) is 2. The highest BCUT2D eigenvalue weighted by atomic mass is 16.2. The van der Waals surface area contributed by atoms with Gasteiger partial charge in [-0.05, 0) is 29.8 Å². The molecule has 0 radical (unpaired) electrons. The van der Waals surface area contributed by atoms with E-state index in [0.29, 0.717) is 5.69 Å². The summed E-state index contributed by atoms with van der Waals surface area (Å²) >= 11 is 0. The van der Waals surface area contributed by atoms with Crippen LogP contribution in [0.1, 0.15) is 24.9 Å². The highest BCUT2D eigenvalue weighted by Gasteiger charge is 2.17. The molecule has 126 valence electrons. The van der Waals surface area contributed by atoms with Crippen LogP contribution in [-0.4, -0.2) is 16.8 Å². The number of benzene rings is 2. The number of anilines is 1. The van der Waals surface area contributed by atoms with E-state index >= 15 is 0 Å². The third-order valence-corrected chi connectivity index (χ3v) is 3.89. The number of rotatable bonds is 5. The van der Waals surface area contributed by atoms with Gasteiger partial charge in [0.05, 0.1) is 23.7 Å². The van der Waals surface area contributed by atoms with Gasteiger partial charge in [0, 0.05) is 18.5 Å². The molecule has 1 unspecified atom stereocenters. The summed E-state index contributed by atoms with van der Waals surface area (Å²) in [5, 5.41) is 6.65. The quantitative estimate of drug-likeness (QED) is 0.751. The topological polar surface area (TPSA) is 71.1 Å². The lowest BCUT2D eigenvalue weighted by molar-refractivity contribution is -0.120. The third kappa shape index (κ3) is 4.20. The molecule has 1 atom stereocenters. The highest BCUT2D eigenvalue weighted by molar-refractivity contribution is 6.01. The summed E-state index contributed by atoms with van der Waals surface area (Å²) in [6, 6.07) is 18.5. The number of carbonyl (C=O) groups excluding carboxylic acids is 2. The first-order valence-electron chi connectivity index (χ1n) is 8.09. The highest BCUT2D eigenvalue weighted by Crippen LogP contribution is 2.23. The maximum atomic E-state index is 12.5. The zero-order valence-electron chi connectivity index (χ0n) is 13.9. The van der Waals surface area contributed by atoms with Crippen LogP contribution in [0.2, 0.25) is 0 Å². The fourth-order valence-electron chi connectivity index (χ4n) is 2.78. The lowest BCUT2D eigenvalue weighted by Gasteiger charge is -2.18. The van der Waals surface area contributed by atoms with E-state index in [2.05, 4.69) is 15.6 Å². The first-order chi connectivity index (χ1) is 12.1. The number of nitrogens with one attached hydrogen (secondary N) is 2. The standard InChI is InChI=1S/C20H19N3O2/c1-14(24)22-19(15-7-3-2-4-8-15)13-20(25)23-18-11-5-10-17-16(18)9-6-12-21-17/h2-12,19H,13H2,1H3,(H,22,24)(H,23,25). The summed E-state index contributed by atoms with van der Waals surface area (Å²) in [5.74, 6) is -0.338. The van der Waals surface area contributed by atoms with Crippen LogP contribution in [0, 0.1) is 0 Å². The Morgan fingerprint density at radius 2 is 1.80 bits per heavy atom. The van der Waals surface area contributed by atoms with Crippen molar-refractivity contribution in [3.63, 3.8) is 0 Å². The minimum atomic E-state index is -0.369. The molecule has 25 heavy (non-hydrogen) atoms. The van der Waals surface area contributed by atoms with Crippen LogP contribution in [0.3, 0.4) is 0 Å². The van der Waals surface area contributed by atoms with Gasteiger partial charge in [0.1, 0.15) is 0 Å². The molecule has 1 heterocycles. The van der Waals surface area contributed by atoms with Crippen molar-refractivity contribution in [3.05, 3.63) is 72.4 Å². The van der Waals surface area contributed by atoms with Gasteiger partial charge >= 0.3 is 0 Å². The number of fused-ring (bicyclic) bond motifs is 1. The molecule has 3 rings (SSSR count). The second-order valence-corrected chi connectivity index (χ2v) is 5.79. The van der Waals surface area contributed by atoms with Crippen molar-refractivity contribution >= 4 is 28.4 Å². The zero-order chi connectivity index (χ0) is 17.6. The largest absolute Gasteiger partial charge is 0.349 e. The van der Waals surface area contributed by atoms with E-state index < -0.39 is 0 Å². The Balaban J connectivity index is 1.78. The summed E-state index contributed by atoms with van der Waals surface area (Å²) in [4.78, 5) is 28.3. The summed E-state index contributed by atoms with van der Waals surface area (Å²) in [7, 11) is 0. The lowest BCUT2D eigenvalue weighted by Crippen LogP contribution is -2.29. The molecule has 0 aliphatic heterocycles. The molecular formula is C20H19N3O2. The smallest absolute Gasteiger partial charge is 0.226 e. The normalized spacial score (nSPS) is 11.7. The number of carbonyl (C=O) groups is 2. The van der Waals surface area contributed by atoms with E-state index in [1.54, 1.807) is 6.20 Å². The molecule has 0 spiro atoms. The lowest BCUT2D eigenvalue weighted by atomic mass is 10.0. The molecule has 5 nitrogen and oxygen atoms in total. The number of hydrogen-bond acceptors (Lipinski definition) is 3. The Hall–Kier alpha value is -3.21. The Labute approximate surface area is 146 Å². The zero-order valence-corrected chi connectivity index (χ0v) is 13.9. The Bertz CT molecular complexity index is 888. The Morgan fingerprint density at radius 1 is 1.00 bits per heavy atom. The molecule has 0 bridgehead atoms. The molecule has 2 amide bonds. The summed E-state index contributed by atoms with van der Waals surface area (Å²) < 4.78 is 0. The molecule has 1 aromatic heterocycles. The molecule has 0 saturated carbocycles. The van der Waals surface area contributed by atoms with Gasteiger partial charge in [-0.15, -0.1) is 0 Å². The molecular weight excluding hydrogens is 314 g/mol. The van der Waals surface area contributed by atoms with Crippen molar-refractivity contribution in [1.82, 2.24) is 10.3 Å². The molecule has 2 aromatic carbocycles. The molecule has 0 saturated heterocycles. The summed E-state index contributed by atoms with van der Waals surface area (Å²) in [5.41, 5.74) is 2.43. The van der Waals surface area contributed by atoms with E-state index in [1.807, 2.05) is 60.7 Å². The minimum Gasteiger partial charge on any atom is -0.349 e. The number of pyridine rings is 1. The van der Waals surface area contributed by atoms with Gasteiger partial charge in [-0.25, -0.2) is 0 Å². The molecule has 0 aliphatic rings. The summed E-state index contributed by atoms with van der Waals surface area (Å²) in [6.07, 6.45) is 1.87. The van der Waals surface area contributed by atoms with Crippen LogP contribution in [-0.2, 0) is 9.59 Å². The number of amides is 2. The van der Waals surface area contributed by atoms with Crippen molar-refractivity contribution in [2.24, 2.45) is 0 Å². The van der Waals surface area contributed by atoms with E-state index in [1.165, 1.54) is 6.92 Å². The average molecular weight is 333 g/mol. The van der Waals surface area contributed by atoms with Crippen LogP contribution in [0.25, 0.3) is 10.9 Å². The predicted octanol–water partition coefficient (Wildman–Crippen LogP) is 3.44. The number of nitrogens with zero attached hydrogens (tertiary/aromatic N) is 1. The van der Waals surface area contributed by atoms with Gasteiger partial charge in [0.15, 0.2) is 0 Å². The third-order valence-electron chi connectivity index (χ3n) is 3.89. The van der Waals surface area contributed by atoms with Crippen LogP contribution in [0.5, 0.6) is 0 Å². The van der Waals surface area contributed by atoms with E-state index in [-0.39, 0.29) is 24.3 Å². The summed E-state index contributed by atoms with van der Waals surface area (Å²) in [6.45, 7) is 1.45. The first-order valence-corrected chi connectivity index (χ1v) is 8.09. The van der Waals surface area contributed by atoms with Crippen molar-refractivity contribution in [2.45, 2.75) is 19.4 Å². The molecule has 2 N–H and O–H groups in total. The van der Waals surface area contributed by atoms with Crippen molar-refractivity contribution in [3.8, 4) is 0 Å². The predicted molar refractivity (Wildman–Crippen MR) is 98.0 cm³/mol. The maximum absolute atomic E-state index is 12.5. The van der Waals surface area contributed by atoms with Gasteiger partial charge in [-0.1, -0.05) is 36.4 Å². The van der Waals surface area contributed by atoms with E-state index in [0.717, 1.165) is 16.5 Å². The van der Waals surface area contributed by atoms with Crippen molar-refractivity contribution in [2.75, 3.05) is 5.32 Å². The van der Waals surface area contributed by atoms with Gasteiger partial charge in [-0.2, -0.15) is 0 Å². The van der Waals surface area contributed by atoms with Crippen molar-refractivity contribution < 1.29 is 9.59 Å². The van der Waals surface area contributed by atoms with Crippen LogP contribution in [0.15, 0.2) is 66.9 Å². The average Bonchev–Trinajstić information content (AvgIpc) is 2.62. The van der Waals surface area contributed by atoms with Gasteiger partial charge in [0.25, 0.3) is 0 Å². The van der Waals surface area contributed by atoms with Crippen LogP contribution < -0.4 is 10.6 Å².